The molecule has 0 spiro atoms. The van der Waals surface area contributed by atoms with Gasteiger partial charge in [-0.25, -0.2) is 4.98 Å². The summed E-state index contributed by atoms with van der Waals surface area (Å²) in [4.78, 5) is 25.7. The first-order chi connectivity index (χ1) is 12.2. The minimum absolute atomic E-state index is 0.0706. The Morgan fingerprint density at radius 3 is 2.92 bits per heavy atom. The molecule has 0 aliphatic carbocycles. The van der Waals surface area contributed by atoms with Gasteiger partial charge in [-0.1, -0.05) is 18.7 Å². The van der Waals surface area contributed by atoms with Gasteiger partial charge in [-0.2, -0.15) is 0 Å². The van der Waals surface area contributed by atoms with Gasteiger partial charge < -0.3 is 4.90 Å². The number of likely N-dealkylation sites (N-methyl/N-ethyl adjacent to an activating group) is 1. The number of hydrogen-bond acceptors (Lipinski definition) is 6. The van der Waals surface area contributed by atoms with Crippen LogP contribution in [0.3, 0.4) is 0 Å². The minimum Gasteiger partial charge on any atom is -0.336 e. The van der Waals surface area contributed by atoms with Crippen LogP contribution in [-0.4, -0.2) is 57.6 Å². The highest BCUT2D eigenvalue weighted by molar-refractivity contribution is 8.00. The highest BCUT2D eigenvalue weighted by Gasteiger charge is 2.28. The highest BCUT2D eigenvalue weighted by Crippen LogP contribution is 2.23. The average molecular weight is 377 g/mol. The number of carbonyl (C=O) groups excluding carboxylic acids is 1. The fourth-order valence-corrected chi connectivity index (χ4v) is 4.51. The summed E-state index contributed by atoms with van der Waals surface area (Å²) in [5.41, 5.74) is 1.86. The molecule has 25 heavy (non-hydrogen) atoms. The molecule has 0 saturated carbocycles. The van der Waals surface area contributed by atoms with E-state index < -0.39 is 0 Å². The van der Waals surface area contributed by atoms with Crippen LogP contribution >= 0.6 is 23.1 Å². The topological polar surface area (TPSA) is 49.3 Å². The molecule has 3 heterocycles. The van der Waals surface area contributed by atoms with Crippen LogP contribution in [0.2, 0.25) is 0 Å². The number of thioether (sulfide) groups is 1. The average Bonchev–Trinajstić information content (AvgIpc) is 3.15. The van der Waals surface area contributed by atoms with Crippen LogP contribution in [0.15, 0.2) is 34.2 Å². The van der Waals surface area contributed by atoms with E-state index in [0.29, 0.717) is 11.7 Å². The van der Waals surface area contributed by atoms with Crippen molar-refractivity contribution in [1.29, 1.82) is 0 Å². The summed E-state index contributed by atoms with van der Waals surface area (Å²) < 4.78 is 0.949. The molecule has 1 atom stereocenters. The number of hydrogen-bond donors (Lipinski definition) is 0. The van der Waals surface area contributed by atoms with Crippen LogP contribution in [0.1, 0.15) is 35.8 Å². The third kappa shape index (κ3) is 4.59. The monoisotopic (exact) mass is 376 g/mol. The van der Waals surface area contributed by atoms with Gasteiger partial charge in [-0.3, -0.25) is 14.7 Å². The van der Waals surface area contributed by atoms with Crippen LogP contribution in [0, 0.1) is 0 Å². The van der Waals surface area contributed by atoms with Crippen molar-refractivity contribution in [2.24, 2.45) is 0 Å². The molecule has 1 saturated heterocycles. The first-order valence-electron chi connectivity index (χ1n) is 8.63. The van der Waals surface area contributed by atoms with Crippen molar-refractivity contribution in [3.8, 4) is 0 Å². The predicted molar refractivity (Wildman–Crippen MR) is 103 cm³/mol. The molecule has 3 rings (SSSR count). The zero-order valence-corrected chi connectivity index (χ0v) is 16.4. The maximum Gasteiger partial charge on any atom is 0.273 e. The van der Waals surface area contributed by atoms with Crippen molar-refractivity contribution in [2.45, 2.75) is 36.7 Å². The van der Waals surface area contributed by atoms with Gasteiger partial charge in [0, 0.05) is 43.4 Å². The minimum atomic E-state index is 0.0706. The predicted octanol–water partition coefficient (Wildman–Crippen LogP) is 3.39. The second kappa shape index (κ2) is 8.78. The van der Waals surface area contributed by atoms with Crippen molar-refractivity contribution < 1.29 is 4.79 Å². The largest absolute Gasteiger partial charge is 0.336 e. The summed E-state index contributed by atoms with van der Waals surface area (Å²) in [7, 11) is 0. The van der Waals surface area contributed by atoms with Crippen LogP contribution in [0.5, 0.6) is 0 Å². The van der Waals surface area contributed by atoms with Crippen molar-refractivity contribution in [3.05, 3.63) is 41.2 Å². The second-order valence-corrected chi connectivity index (χ2v) is 8.08. The molecule has 0 N–H and O–H groups in total. The quantitative estimate of drug-likeness (QED) is 0.723. The molecule has 5 nitrogen and oxygen atoms in total. The number of rotatable bonds is 6. The zero-order chi connectivity index (χ0) is 17.6. The molecule has 1 aliphatic heterocycles. The Kier molecular flexibility index (Phi) is 6.45. The summed E-state index contributed by atoms with van der Waals surface area (Å²) in [5.74, 6) is 0.0706. The zero-order valence-electron chi connectivity index (χ0n) is 14.7. The summed E-state index contributed by atoms with van der Waals surface area (Å²) in [6.07, 6.45) is 7.84. The SMILES string of the molecule is CCN(Cc1ccncc1)C1CCCN(C(=O)c2csc(SC)n2)C1. The van der Waals surface area contributed by atoms with Gasteiger partial charge in [-0.15, -0.1) is 11.3 Å². The molecule has 2 aromatic heterocycles. The molecule has 0 aromatic carbocycles. The Bertz CT molecular complexity index is 691. The lowest BCUT2D eigenvalue weighted by Crippen LogP contribution is -2.49. The lowest BCUT2D eigenvalue weighted by Gasteiger charge is -2.38. The van der Waals surface area contributed by atoms with Crippen molar-refractivity contribution in [1.82, 2.24) is 19.8 Å². The van der Waals surface area contributed by atoms with Gasteiger partial charge >= 0.3 is 0 Å². The summed E-state index contributed by atoms with van der Waals surface area (Å²) in [6.45, 7) is 5.67. The van der Waals surface area contributed by atoms with Crippen molar-refractivity contribution >= 4 is 29.0 Å². The van der Waals surface area contributed by atoms with Crippen LogP contribution in [0.4, 0.5) is 0 Å². The Labute approximate surface area is 157 Å². The summed E-state index contributed by atoms with van der Waals surface area (Å²) >= 11 is 3.13. The van der Waals surface area contributed by atoms with E-state index in [1.165, 1.54) is 5.56 Å². The third-order valence-electron chi connectivity index (χ3n) is 4.62. The van der Waals surface area contributed by atoms with Crippen molar-refractivity contribution in [2.75, 3.05) is 25.9 Å². The summed E-state index contributed by atoms with van der Waals surface area (Å²) in [5, 5.41) is 1.88. The van der Waals surface area contributed by atoms with Gasteiger partial charge in [0.25, 0.3) is 5.91 Å². The number of aromatic nitrogens is 2. The molecule has 0 bridgehead atoms. The van der Waals surface area contributed by atoms with E-state index in [2.05, 4.69) is 33.9 Å². The molecule has 7 heteroatoms. The molecule has 1 amide bonds. The molecule has 134 valence electrons. The Hall–Kier alpha value is -1.44. The molecule has 2 aromatic rings. The first-order valence-corrected chi connectivity index (χ1v) is 10.7. The highest BCUT2D eigenvalue weighted by atomic mass is 32.2. The van der Waals surface area contributed by atoms with E-state index in [1.54, 1.807) is 23.1 Å². The van der Waals surface area contributed by atoms with E-state index in [-0.39, 0.29) is 5.91 Å². The molecule has 0 radical (unpaired) electrons. The van der Waals surface area contributed by atoms with Gasteiger partial charge in [0.15, 0.2) is 0 Å². The smallest absolute Gasteiger partial charge is 0.273 e. The lowest BCUT2D eigenvalue weighted by atomic mass is 10.0. The fraction of sp³-hybridized carbons (Fsp3) is 0.500. The van der Waals surface area contributed by atoms with E-state index >= 15 is 0 Å². The maximum atomic E-state index is 12.8. The number of amides is 1. The number of piperidine rings is 1. The standard InChI is InChI=1S/C18H24N4OS2/c1-3-21(11-14-6-8-19-9-7-14)15-5-4-10-22(12-15)17(23)16-13-25-18(20-16)24-2/h6-9,13,15H,3-5,10-12H2,1-2H3. The van der Waals surface area contributed by atoms with Crippen LogP contribution < -0.4 is 0 Å². The van der Waals surface area contributed by atoms with Gasteiger partial charge in [0.1, 0.15) is 10.0 Å². The van der Waals surface area contributed by atoms with E-state index in [9.17, 15) is 4.79 Å². The fourth-order valence-electron chi connectivity index (χ4n) is 3.27. The maximum absolute atomic E-state index is 12.8. The Morgan fingerprint density at radius 1 is 1.44 bits per heavy atom. The molecule has 1 unspecified atom stereocenters. The normalized spacial score (nSPS) is 17.9. The lowest BCUT2D eigenvalue weighted by molar-refractivity contribution is 0.0564. The number of likely N-dealkylation sites (tertiary alicyclic amines) is 1. The number of nitrogens with zero attached hydrogens (tertiary/aromatic N) is 4. The third-order valence-corrected chi connectivity index (χ3v) is 6.48. The number of pyridine rings is 1. The van der Waals surface area contributed by atoms with E-state index in [4.69, 9.17) is 0 Å². The number of carbonyl (C=O) groups is 1. The van der Waals surface area contributed by atoms with Gasteiger partial charge in [0.05, 0.1) is 0 Å². The van der Waals surface area contributed by atoms with E-state index in [0.717, 1.165) is 43.4 Å². The van der Waals surface area contributed by atoms with E-state index in [1.807, 2.05) is 28.9 Å². The molecular weight excluding hydrogens is 352 g/mol. The molecular formula is C18H24N4OS2. The first kappa shape index (κ1) is 18.4. The Morgan fingerprint density at radius 2 is 2.24 bits per heavy atom. The molecule has 1 aliphatic rings. The van der Waals surface area contributed by atoms with Gasteiger partial charge in [0.2, 0.25) is 0 Å². The van der Waals surface area contributed by atoms with Crippen LogP contribution in [-0.2, 0) is 6.54 Å². The van der Waals surface area contributed by atoms with Crippen LogP contribution in [0.25, 0.3) is 0 Å². The van der Waals surface area contributed by atoms with Gasteiger partial charge in [-0.05, 0) is 43.3 Å². The molecule has 1 fully saturated rings. The van der Waals surface area contributed by atoms with Crippen molar-refractivity contribution in [3.63, 3.8) is 0 Å². The summed E-state index contributed by atoms with van der Waals surface area (Å²) in [6, 6.07) is 4.52. The Balaban J connectivity index is 1.65. The number of thiazole rings is 1. The second-order valence-electron chi connectivity index (χ2n) is 6.17.